The summed E-state index contributed by atoms with van der Waals surface area (Å²) in [6.07, 6.45) is 0. The van der Waals surface area contributed by atoms with E-state index in [1.165, 1.54) is 0 Å². The summed E-state index contributed by atoms with van der Waals surface area (Å²) in [6, 6.07) is 23.4. The first-order valence-corrected chi connectivity index (χ1v) is 11.2. The van der Waals surface area contributed by atoms with Gasteiger partial charge in [-0.15, -0.1) is 0 Å². The topological polar surface area (TPSA) is 99.3 Å². The van der Waals surface area contributed by atoms with Gasteiger partial charge in [-0.3, -0.25) is 14.4 Å². The maximum Gasteiger partial charge on any atom is 0.251 e. The highest BCUT2D eigenvalue weighted by atomic mass is 16.2. The zero-order chi connectivity index (χ0) is 24.5. The van der Waals surface area contributed by atoms with Crippen molar-refractivity contribution in [2.45, 2.75) is 32.9 Å². The number of benzene rings is 3. The molecule has 0 fully saturated rings. The van der Waals surface area contributed by atoms with Gasteiger partial charge in [-0.2, -0.15) is 0 Å². The van der Waals surface area contributed by atoms with Crippen molar-refractivity contribution in [2.75, 3.05) is 17.2 Å². The molecule has 3 amide bonds. The quantitative estimate of drug-likeness (QED) is 0.383. The van der Waals surface area contributed by atoms with E-state index in [0.29, 0.717) is 22.5 Å². The summed E-state index contributed by atoms with van der Waals surface area (Å²) in [5.41, 5.74) is 3.32. The Labute approximate surface area is 200 Å². The van der Waals surface area contributed by atoms with Crippen LogP contribution in [0, 0.1) is 0 Å². The standard InChI is InChI=1S/C27H30N4O3/c1-18(2)29-27(34)22-10-7-11-24(16-22)28-17-25(32)31-23-14-12-21(13-15-23)26(33)30-19(3)20-8-5-4-6-9-20/h4-16,18-19,28H,17H2,1-3H3,(H,29,34)(H,30,33)(H,31,32). The van der Waals surface area contributed by atoms with E-state index in [-0.39, 0.29) is 36.3 Å². The number of nitrogens with one attached hydrogen (secondary N) is 4. The van der Waals surface area contributed by atoms with Gasteiger partial charge >= 0.3 is 0 Å². The Morgan fingerprint density at radius 3 is 2.06 bits per heavy atom. The van der Waals surface area contributed by atoms with Crippen LogP contribution < -0.4 is 21.3 Å². The smallest absolute Gasteiger partial charge is 0.251 e. The number of anilines is 2. The first-order chi connectivity index (χ1) is 16.3. The van der Waals surface area contributed by atoms with Gasteiger partial charge in [0, 0.05) is 28.5 Å². The van der Waals surface area contributed by atoms with Crippen molar-refractivity contribution < 1.29 is 14.4 Å². The van der Waals surface area contributed by atoms with Crippen LogP contribution in [-0.4, -0.2) is 30.3 Å². The Kier molecular flexibility index (Phi) is 8.40. The van der Waals surface area contributed by atoms with Crippen molar-refractivity contribution in [1.29, 1.82) is 0 Å². The third kappa shape index (κ3) is 7.20. The number of hydrogen-bond donors (Lipinski definition) is 4. The first-order valence-electron chi connectivity index (χ1n) is 11.2. The Hall–Kier alpha value is -4.13. The second-order valence-electron chi connectivity index (χ2n) is 8.29. The molecule has 34 heavy (non-hydrogen) atoms. The van der Waals surface area contributed by atoms with Crippen molar-refractivity contribution in [3.05, 3.63) is 95.6 Å². The average Bonchev–Trinajstić information content (AvgIpc) is 2.83. The average molecular weight is 459 g/mol. The van der Waals surface area contributed by atoms with Crippen molar-refractivity contribution in [2.24, 2.45) is 0 Å². The molecule has 0 radical (unpaired) electrons. The molecular formula is C27H30N4O3. The van der Waals surface area contributed by atoms with Crippen LogP contribution in [0.25, 0.3) is 0 Å². The molecule has 0 spiro atoms. The molecule has 1 atom stereocenters. The van der Waals surface area contributed by atoms with Crippen LogP contribution in [0.15, 0.2) is 78.9 Å². The van der Waals surface area contributed by atoms with Gasteiger partial charge in [-0.05, 0) is 68.8 Å². The fourth-order valence-corrected chi connectivity index (χ4v) is 3.31. The number of hydrogen-bond acceptors (Lipinski definition) is 4. The highest BCUT2D eigenvalue weighted by Crippen LogP contribution is 2.15. The summed E-state index contributed by atoms with van der Waals surface area (Å²) >= 11 is 0. The molecule has 0 aromatic heterocycles. The fourth-order valence-electron chi connectivity index (χ4n) is 3.31. The van der Waals surface area contributed by atoms with Gasteiger partial charge in [0.15, 0.2) is 0 Å². The summed E-state index contributed by atoms with van der Waals surface area (Å²) in [6.45, 7) is 5.76. The van der Waals surface area contributed by atoms with Crippen LogP contribution >= 0.6 is 0 Å². The lowest BCUT2D eigenvalue weighted by molar-refractivity contribution is -0.114. The number of amides is 3. The lowest BCUT2D eigenvalue weighted by Crippen LogP contribution is -2.30. The second-order valence-corrected chi connectivity index (χ2v) is 8.29. The highest BCUT2D eigenvalue weighted by molar-refractivity contribution is 5.97. The Balaban J connectivity index is 1.50. The molecule has 4 N–H and O–H groups in total. The highest BCUT2D eigenvalue weighted by Gasteiger charge is 2.12. The van der Waals surface area contributed by atoms with Gasteiger partial charge in [0.1, 0.15) is 0 Å². The fraction of sp³-hybridized carbons (Fsp3) is 0.222. The summed E-state index contributed by atoms with van der Waals surface area (Å²) in [4.78, 5) is 37.0. The van der Waals surface area contributed by atoms with Crippen LogP contribution in [0.1, 0.15) is 53.1 Å². The molecule has 0 aliphatic carbocycles. The first kappa shape index (κ1) is 24.5. The zero-order valence-corrected chi connectivity index (χ0v) is 19.6. The minimum absolute atomic E-state index is 0.0338. The molecule has 0 saturated carbocycles. The number of rotatable bonds is 9. The lowest BCUT2D eigenvalue weighted by atomic mass is 10.1. The van der Waals surface area contributed by atoms with Crippen molar-refractivity contribution in [3.8, 4) is 0 Å². The van der Waals surface area contributed by atoms with Gasteiger partial charge in [0.25, 0.3) is 11.8 Å². The van der Waals surface area contributed by atoms with E-state index in [1.807, 2.05) is 51.1 Å². The van der Waals surface area contributed by atoms with Crippen molar-refractivity contribution in [1.82, 2.24) is 10.6 Å². The maximum absolute atomic E-state index is 12.5. The van der Waals surface area contributed by atoms with E-state index < -0.39 is 0 Å². The molecule has 176 valence electrons. The number of carbonyl (C=O) groups excluding carboxylic acids is 3. The van der Waals surface area contributed by atoms with Gasteiger partial charge in [0.2, 0.25) is 5.91 Å². The predicted octanol–water partition coefficient (Wildman–Crippen LogP) is 4.37. The van der Waals surface area contributed by atoms with Crippen LogP contribution in [-0.2, 0) is 4.79 Å². The van der Waals surface area contributed by atoms with Gasteiger partial charge in [-0.1, -0.05) is 36.4 Å². The van der Waals surface area contributed by atoms with Crippen molar-refractivity contribution >= 4 is 29.1 Å². The van der Waals surface area contributed by atoms with Gasteiger partial charge in [0.05, 0.1) is 12.6 Å². The van der Waals surface area contributed by atoms with Crippen LogP contribution in [0.2, 0.25) is 0 Å². The molecule has 0 heterocycles. The molecule has 0 aliphatic rings. The molecule has 7 heteroatoms. The third-order valence-electron chi connectivity index (χ3n) is 5.08. The Morgan fingerprint density at radius 1 is 0.706 bits per heavy atom. The van der Waals surface area contributed by atoms with Crippen molar-refractivity contribution in [3.63, 3.8) is 0 Å². The largest absolute Gasteiger partial charge is 0.376 e. The monoisotopic (exact) mass is 458 g/mol. The molecule has 3 rings (SSSR count). The molecule has 3 aromatic carbocycles. The lowest BCUT2D eigenvalue weighted by Gasteiger charge is -2.14. The van der Waals surface area contributed by atoms with Gasteiger partial charge < -0.3 is 21.3 Å². The summed E-state index contributed by atoms with van der Waals surface area (Å²) in [5, 5.41) is 11.6. The van der Waals surface area contributed by atoms with E-state index in [2.05, 4.69) is 21.3 Å². The molecule has 0 aliphatic heterocycles. The Morgan fingerprint density at radius 2 is 1.38 bits per heavy atom. The zero-order valence-electron chi connectivity index (χ0n) is 19.6. The predicted molar refractivity (Wildman–Crippen MR) is 135 cm³/mol. The molecule has 7 nitrogen and oxygen atoms in total. The summed E-state index contributed by atoms with van der Waals surface area (Å²) < 4.78 is 0. The van der Waals surface area contributed by atoms with Gasteiger partial charge in [-0.25, -0.2) is 0 Å². The molecule has 3 aromatic rings. The van der Waals surface area contributed by atoms with Crippen LogP contribution in [0.5, 0.6) is 0 Å². The SMILES string of the molecule is CC(C)NC(=O)c1cccc(NCC(=O)Nc2ccc(C(=O)NC(C)c3ccccc3)cc2)c1. The molecule has 0 saturated heterocycles. The van der Waals surface area contributed by atoms with E-state index in [4.69, 9.17) is 0 Å². The maximum atomic E-state index is 12.5. The van der Waals surface area contributed by atoms with E-state index in [0.717, 1.165) is 5.56 Å². The molecule has 0 bridgehead atoms. The molecule has 1 unspecified atom stereocenters. The van der Waals surface area contributed by atoms with E-state index in [1.54, 1.807) is 48.5 Å². The van der Waals surface area contributed by atoms with Crippen LogP contribution in [0.3, 0.4) is 0 Å². The molecular weight excluding hydrogens is 428 g/mol. The summed E-state index contributed by atoms with van der Waals surface area (Å²) in [5.74, 6) is -0.588. The summed E-state index contributed by atoms with van der Waals surface area (Å²) in [7, 11) is 0. The normalized spacial score (nSPS) is 11.4. The van der Waals surface area contributed by atoms with Crippen LogP contribution in [0.4, 0.5) is 11.4 Å². The minimum Gasteiger partial charge on any atom is -0.376 e. The van der Waals surface area contributed by atoms with E-state index >= 15 is 0 Å². The second kappa shape index (κ2) is 11.7. The minimum atomic E-state index is -0.244. The Bertz CT molecular complexity index is 1130. The third-order valence-corrected chi connectivity index (χ3v) is 5.08. The number of carbonyl (C=O) groups is 3. The van der Waals surface area contributed by atoms with E-state index in [9.17, 15) is 14.4 Å².